The molecule has 0 bridgehead atoms. The molecule has 2 nitrogen and oxygen atoms in total. The Labute approximate surface area is 105 Å². The summed E-state index contributed by atoms with van der Waals surface area (Å²) in [6, 6.07) is 0. The van der Waals surface area contributed by atoms with Crippen LogP contribution in [0.1, 0.15) is 53.4 Å². The molecule has 0 saturated heterocycles. The van der Waals surface area contributed by atoms with E-state index in [4.69, 9.17) is 0 Å². The van der Waals surface area contributed by atoms with Gasteiger partial charge in [0.25, 0.3) is 0 Å². The van der Waals surface area contributed by atoms with E-state index in [-0.39, 0.29) is 11.5 Å². The largest absolute Gasteiger partial charge is 0.390 e. The molecule has 17 heavy (non-hydrogen) atoms. The van der Waals surface area contributed by atoms with Crippen molar-refractivity contribution in [3.05, 3.63) is 11.6 Å². The Hall–Kier alpha value is -0.340. The summed E-state index contributed by atoms with van der Waals surface area (Å²) < 4.78 is 0. The fraction of sp³-hybridized carbons (Fsp3) is 0.867. The summed E-state index contributed by atoms with van der Waals surface area (Å²) in [5.74, 6) is 0.995. The molecule has 0 aromatic carbocycles. The highest BCUT2D eigenvalue weighted by Crippen LogP contribution is 2.58. The lowest BCUT2D eigenvalue weighted by molar-refractivity contribution is 0.0101. The number of fused-ring (bicyclic) bond motifs is 1. The molecular formula is C15H26O2. The second kappa shape index (κ2) is 4.10. The fourth-order valence-corrected chi connectivity index (χ4v) is 3.47. The molecule has 1 fully saturated rings. The Morgan fingerprint density at radius 1 is 1.24 bits per heavy atom. The van der Waals surface area contributed by atoms with Crippen molar-refractivity contribution in [2.24, 2.45) is 17.3 Å². The van der Waals surface area contributed by atoms with Gasteiger partial charge in [0, 0.05) is 0 Å². The van der Waals surface area contributed by atoms with Crippen LogP contribution in [0.25, 0.3) is 0 Å². The normalized spacial score (nSPS) is 48.8. The van der Waals surface area contributed by atoms with Crippen LogP contribution >= 0.6 is 0 Å². The van der Waals surface area contributed by atoms with Gasteiger partial charge in [-0.3, -0.25) is 0 Å². The SMILES string of the molecule is C/C1=C/CC[C@](C)(O)[C@H]2C[C@@H]2C(C)(C)C[C@H]1O. The Bertz CT molecular complexity index is 328. The van der Waals surface area contributed by atoms with E-state index < -0.39 is 5.60 Å². The van der Waals surface area contributed by atoms with Crippen LogP contribution in [0.5, 0.6) is 0 Å². The summed E-state index contributed by atoms with van der Waals surface area (Å²) in [4.78, 5) is 0. The lowest BCUT2D eigenvalue weighted by Crippen LogP contribution is -2.32. The highest BCUT2D eigenvalue weighted by Gasteiger charge is 2.55. The number of allylic oxidation sites excluding steroid dienone is 1. The lowest BCUT2D eigenvalue weighted by atomic mass is 9.76. The Morgan fingerprint density at radius 3 is 2.53 bits per heavy atom. The molecule has 0 aliphatic heterocycles. The van der Waals surface area contributed by atoms with Gasteiger partial charge in [0.15, 0.2) is 0 Å². The smallest absolute Gasteiger partial charge is 0.0752 e. The summed E-state index contributed by atoms with van der Waals surface area (Å²) in [5.41, 5.74) is 0.662. The Balaban J connectivity index is 2.22. The zero-order chi connectivity index (χ0) is 12.8. The van der Waals surface area contributed by atoms with Crippen molar-refractivity contribution in [2.45, 2.75) is 65.1 Å². The summed E-state index contributed by atoms with van der Waals surface area (Å²) in [5, 5.41) is 20.7. The average Bonchev–Trinajstić information content (AvgIpc) is 2.95. The molecule has 0 heterocycles. The summed E-state index contributed by atoms with van der Waals surface area (Å²) in [6.45, 7) is 8.44. The third-order valence-electron chi connectivity index (χ3n) is 4.95. The van der Waals surface area contributed by atoms with Gasteiger partial charge in [0.2, 0.25) is 0 Å². The van der Waals surface area contributed by atoms with Gasteiger partial charge in [-0.1, -0.05) is 19.9 Å². The predicted molar refractivity (Wildman–Crippen MR) is 69.6 cm³/mol. The predicted octanol–water partition coefficient (Wildman–Crippen LogP) is 2.89. The molecule has 0 amide bonds. The molecule has 1 saturated carbocycles. The number of aliphatic hydroxyl groups is 2. The van der Waals surface area contributed by atoms with Crippen LogP contribution in [0, 0.1) is 17.3 Å². The molecule has 98 valence electrons. The molecule has 0 aromatic heterocycles. The molecule has 2 heteroatoms. The van der Waals surface area contributed by atoms with Crippen molar-refractivity contribution in [3.8, 4) is 0 Å². The molecule has 2 aliphatic rings. The second-order valence-corrected chi connectivity index (χ2v) is 7.00. The average molecular weight is 238 g/mol. The molecule has 2 rings (SSSR count). The van der Waals surface area contributed by atoms with Crippen LogP contribution in [-0.2, 0) is 0 Å². The molecule has 4 atom stereocenters. The molecule has 0 radical (unpaired) electrons. The van der Waals surface area contributed by atoms with Crippen molar-refractivity contribution in [3.63, 3.8) is 0 Å². The van der Waals surface area contributed by atoms with E-state index in [0.717, 1.165) is 31.3 Å². The molecule has 2 aliphatic carbocycles. The van der Waals surface area contributed by atoms with E-state index in [1.165, 1.54) is 0 Å². The van der Waals surface area contributed by atoms with E-state index in [0.29, 0.717) is 11.8 Å². The number of aliphatic hydroxyl groups excluding tert-OH is 1. The van der Waals surface area contributed by atoms with Crippen molar-refractivity contribution in [1.82, 2.24) is 0 Å². The topological polar surface area (TPSA) is 40.5 Å². The summed E-state index contributed by atoms with van der Waals surface area (Å²) in [6.07, 6.45) is 5.40. The molecule has 2 N–H and O–H groups in total. The first-order valence-corrected chi connectivity index (χ1v) is 6.81. The van der Waals surface area contributed by atoms with E-state index in [2.05, 4.69) is 19.9 Å². The molecular weight excluding hydrogens is 212 g/mol. The van der Waals surface area contributed by atoms with E-state index in [1.807, 2.05) is 13.8 Å². The maximum atomic E-state index is 10.5. The van der Waals surface area contributed by atoms with Gasteiger partial charge in [0.05, 0.1) is 11.7 Å². The minimum Gasteiger partial charge on any atom is -0.390 e. The van der Waals surface area contributed by atoms with E-state index >= 15 is 0 Å². The number of hydrogen-bond donors (Lipinski definition) is 2. The van der Waals surface area contributed by atoms with Crippen molar-refractivity contribution >= 4 is 0 Å². The second-order valence-electron chi connectivity index (χ2n) is 7.00. The zero-order valence-corrected chi connectivity index (χ0v) is 11.5. The minimum atomic E-state index is -0.527. The van der Waals surface area contributed by atoms with Crippen LogP contribution in [0.3, 0.4) is 0 Å². The highest BCUT2D eigenvalue weighted by atomic mass is 16.3. The van der Waals surface area contributed by atoms with Crippen LogP contribution in [0.15, 0.2) is 11.6 Å². The molecule has 0 aromatic rings. The van der Waals surface area contributed by atoms with E-state index in [1.54, 1.807) is 0 Å². The van der Waals surface area contributed by atoms with Crippen molar-refractivity contribution in [1.29, 1.82) is 0 Å². The first kappa shape index (κ1) is 13.1. The van der Waals surface area contributed by atoms with Gasteiger partial charge in [-0.2, -0.15) is 0 Å². The Morgan fingerprint density at radius 2 is 1.88 bits per heavy atom. The van der Waals surface area contributed by atoms with Crippen molar-refractivity contribution in [2.75, 3.05) is 0 Å². The van der Waals surface area contributed by atoms with Gasteiger partial charge in [0.1, 0.15) is 0 Å². The van der Waals surface area contributed by atoms with Gasteiger partial charge < -0.3 is 10.2 Å². The monoisotopic (exact) mass is 238 g/mol. The van der Waals surface area contributed by atoms with Gasteiger partial charge in [-0.15, -0.1) is 0 Å². The summed E-state index contributed by atoms with van der Waals surface area (Å²) in [7, 11) is 0. The van der Waals surface area contributed by atoms with Crippen LogP contribution in [0.2, 0.25) is 0 Å². The minimum absolute atomic E-state index is 0.126. The standard InChI is InChI=1S/C15H26O2/c1-10-6-5-7-15(4,17)12-8-11(12)14(2,3)9-13(10)16/h6,11-13,16-17H,5,7-9H2,1-4H3/b10-6-/t11-,12-,13+,15-/m0/s1. The fourth-order valence-electron chi connectivity index (χ4n) is 3.47. The quantitative estimate of drug-likeness (QED) is 0.637. The molecule has 0 unspecified atom stereocenters. The first-order valence-electron chi connectivity index (χ1n) is 6.81. The zero-order valence-electron chi connectivity index (χ0n) is 11.5. The maximum Gasteiger partial charge on any atom is 0.0752 e. The highest BCUT2D eigenvalue weighted by molar-refractivity contribution is 5.12. The van der Waals surface area contributed by atoms with Crippen LogP contribution in [0.4, 0.5) is 0 Å². The van der Waals surface area contributed by atoms with Gasteiger partial charge >= 0.3 is 0 Å². The Kier molecular flexibility index (Phi) is 3.16. The number of hydrogen-bond acceptors (Lipinski definition) is 2. The number of rotatable bonds is 0. The van der Waals surface area contributed by atoms with Crippen molar-refractivity contribution < 1.29 is 10.2 Å². The maximum absolute atomic E-state index is 10.5. The van der Waals surface area contributed by atoms with E-state index in [9.17, 15) is 10.2 Å². The summed E-state index contributed by atoms with van der Waals surface area (Å²) >= 11 is 0. The van der Waals surface area contributed by atoms with Crippen LogP contribution < -0.4 is 0 Å². The van der Waals surface area contributed by atoms with Crippen LogP contribution in [-0.4, -0.2) is 21.9 Å². The van der Waals surface area contributed by atoms with Gasteiger partial charge in [-0.25, -0.2) is 0 Å². The molecule has 0 spiro atoms. The first-order chi connectivity index (χ1) is 7.74. The third kappa shape index (κ3) is 2.58. The van der Waals surface area contributed by atoms with Gasteiger partial charge in [-0.05, 0) is 62.4 Å². The lowest BCUT2D eigenvalue weighted by Gasteiger charge is -2.33. The third-order valence-corrected chi connectivity index (χ3v) is 4.95.